The average Bonchev–Trinajstić information content (AvgIpc) is 2.59. The maximum atomic E-state index is 11.1. The van der Waals surface area contributed by atoms with Crippen LogP contribution in [0.4, 0.5) is 0 Å². The summed E-state index contributed by atoms with van der Waals surface area (Å²) in [5, 5.41) is 8.36. The van der Waals surface area contributed by atoms with Crippen molar-refractivity contribution in [3.8, 4) is 0 Å². The van der Waals surface area contributed by atoms with Gasteiger partial charge in [-0.2, -0.15) is 0 Å². The summed E-state index contributed by atoms with van der Waals surface area (Å²) in [7, 11) is 0. The molecule has 1 amide bonds. The van der Waals surface area contributed by atoms with Gasteiger partial charge in [-0.05, 0) is 45.4 Å². The fraction of sp³-hybridized carbons (Fsp3) is 0.909. The number of nitrogens with two attached hydrogens (primary N) is 1. The van der Waals surface area contributed by atoms with Crippen LogP contribution in [0.2, 0.25) is 0 Å². The second-order valence-corrected chi connectivity index (χ2v) is 8.14. The number of aliphatic hydroxyl groups excluding tert-OH is 1. The van der Waals surface area contributed by atoms with Gasteiger partial charge in [0.15, 0.2) is 0 Å². The number of hydrogen-bond acceptors (Lipinski definition) is 4. The van der Waals surface area contributed by atoms with Gasteiger partial charge in [0.05, 0.1) is 12.2 Å². The molecule has 0 spiro atoms. The van der Waals surface area contributed by atoms with Gasteiger partial charge in [-0.25, -0.2) is 0 Å². The number of primary amides is 1. The van der Waals surface area contributed by atoms with Crippen molar-refractivity contribution in [1.82, 2.24) is 0 Å². The first-order valence-corrected chi connectivity index (χ1v) is 10.9. The number of hydrogen-bond donors (Lipinski definition) is 2. The normalized spacial score (nSPS) is 18.4. The van der Waals surface area contributed by atoms with Gasteiger partial charge in [0.1, 0.15) is 5.78 Å². The zero-order valence-corrected chi connectivity index (χ0v) is 18.0. The third-order valence-corrected chi connectivity index (χ3v) is 5.14. The highest BCUT2D eigenvalue weighted by Crippen LogP contribution is 2.29. The van der Waals surface area contributed by atoms with E-state index in [9.17, 15) is 9.59 Å². The number of ketones is 1. The van der Waals surface area contributed by atoms with Crippen LogP contribution in [-0.4, -0.2) is 35.6 Å². The number of carbonyl (C=O) groups is 2. The Kier molecular flexibility index (Phi) is 15.5. The summed E-state index contributed by atoms with van der Waals surface area (Å²) in [6, 6.07) is 0. The Hall–Kier alpha value is -0.940. The maximum absolute atomic E-state index is 11.1. The number of amides is 1. The minimum atomic E-state index is -0.229. The van der Waals surface area contributed by atoms with Gasteiger partial charge in [-0.1, -0.05) is 46.5 Å². The molecule has 0 aromatic rings. The molecule has 0 aromatic carbocycles. The van der Waals surface area contributed by atoms with E-state index in [1.54, 1.807) is 6.92 Å². The minimum Gasteiger partial charge on any atom is -0.393 e. The molecule has 0 heterocycles. The first-order chi connectivity index (χ1) is 12.8. The molecular formula is C22H45NO4. The summed E-state index contributed by atoms with van der Waals surface area (Å²) in [4.78, 5) is 21.5. The zero-order valence-electron chi connectivity index (χ0n) is 18.0. The fourth-order valence-corrected chi connectivity index (χ4v) is 2.89. The Morgan fingerprint density at radius 3 is 1.96 bits per heavy atom. The predicted molar refractivity (Wildman–Crippen MR) is 113 cm³/mol. The van der Waals surface area contributed by atoms with Crippen LogP contribution in [0.25, 0.3) is 0 Å². The molecule has 2 saturated carbocycles. The molecule has 2 fully saturated rings. The van der Waals surface area contributed by atoms with Crippen LogP contribution in [0, 0.1) is 11.8 Å². The van der Waals surface area contributed by atoms with Crippen LogP contribution in [0.3, 0.4) is 0 Å². The Balaban J connectivity index is 0. The molecule has 0 bridgehead atoms. The number of aliphatic hydroxyl groups is 1. The molecule has 0 aliphatic heterocycles. The van der Waals surface area contributed by atoms with Crippen LogP contribution in [0.15, 0.2) is 0 Å². The highest BCUT2D eigenvalue weighted by atomic mass is 16.5. The smallest absolute Gasteiger partial charge is 0.217 e. The second kappa shape index (κ2) is 16.1. The van der Waals surface area contributed by atoms with Crippen LogP contribution < -0.4 is 5.73 Å². The molecule has 2 rings (SSSR count). The quantitative estimate of drug-likeness (QED) is 0.594. The zero-order chi connectivity index (χ0) is 20.7. The Bertz CT molecular complexity index is 392. The van der Waals surface area contributed by atoms with Gasteiger partial charge in [0, 0.05) is 26.3 Å². The molecule has 1 atom stereocenters. The highest BCUT2D eigenvalue weighted by Gasteiger charge is 2.26. The van der Waals surface area contributed by atoms with Gasteiger partial charge in [-0.15, -0.1) is 0 Å². The van der Waals surface area contributed by atoms with Crippen molar-refractivity contribution in [2.24, 2.45) is 17.6 Å². The van der Waals surface area contributed by atoms with E-state index in [-0.39, 0.29) is 19.4 Å². The lowest BCUT2D eigenvalue weighted by Gasteiger charge is -2.25. The van der Waals surface area contributed by atoms with Crippen molar-refractivity contribution in [3.63, 3.8) is 0 Å². The molecule has 1 unspecified atom stereocenters. The molecule has 2 aliphatic carbocycles. The summed E-state index contributed by atoms with van der Waals surface area (Å²) in [6.45, 7) is 8.39. The molecule has 5 nitrogen and oxygen atoms in total. The average molecular weight is 388 g/mol. The van der Waals surface area contributed by atoms with E-state index in [1.165, 1.54) is 38.5 Å². The predicted octanol–water partition coefficient (Wildman–Crippen LogP) is 4.64. The number of rotatable bonds is 8. The number of carbonyl (C=O) groups excluding carboxylic acids is 2. The van der Waals surface area contributed by atoms with Crippen LogP contribution in [0.1, 0.15) is 99.8 Å². The van der Waals surface area contributed by atoms with Crippen molar-refractivity contribution in [2.75, 3.05) is 6.61 Å². The lowest BCUT2D eigenvalue weighted by atomic mass is 9.79. The minimum absolute atomic E-state index is 0. The van der Waals surface area contributed by atoms with Crippen LogP contribution in [0.5, 0.6) is 0 Å². The topological polar surface area (TPSA) is 89.6 Å². The van der Waals surface area contributed by atoms with Gasteiger partial charge >= 0.3 is 0 Å². The third-order valence-electron chi connectivity index (χ3n) is 5.14. The van der Waals surface area contributed by atoms with Gasteiger partial charge in [0.2, 0.25) is 5.91 Å². The first-order valence-electron chi connectivity index (χ1n) is 10.9. The summed E-state index contributed by atoms with van der Waals surface area (Å²) in [6.07, 6.45) is 12.3. The highest BCUT2D eigenvalue weighted by molar-refractivity contribution is 5.83. The van der Waals surface area contributed by atoms with Crippen LogP contribution >= 0.6 is 0 Å². The number of Topliss-reactive ketones (excluding diaryl/α,β-unsaturated/α-hetero) is 1. The Labute approximate surface area is 167 Å². The van der Waals surface area contributed by atoms with Crippen LogP contribution in [-0.2, 0) is 14.3 Å². The molecular weight excluding hydrogens is 342 g/mol. The van der Waals surface area contributed by atoms with Crippen molar-refractivity contribution in [2.45, 2.75) is 111 Å². The van der Waals surface area contributed by atoms with E-state index >= 15 is 0 Å². The van der Waals surface area contributed by atoms with Crippen molar-refractivity contribution < 1.29 is 20.9 Å². The number of ether oxygens (including phenoxy) is 1. The van der Waals surface area contributed by atoms with E-state index in [4.69, 9.17) is 15.6 Å². The lowest BCUT2D eigenvalue weighted by molar-refractivity contribution is -0.128. The molecule has 0 saturated heterocycles. The van der Waals surface area contributed by atoms with E-state index in [1.807, 2.05) is 20.8 Å². The third kappa shape index (κ3) is 14.7. The fourth-order valence-electron chi connectivity index (χ4n) is 2.89. The van der Waals surface area contributed by atoms with E-state index in [2.05, 4.69) is 0 Å². The standard InChI is InChI=1S/C10H19NO2.C8H14O.C4H10O.H2/c11-10(12)7-4-8-13-9-5-2-1-3-6-9;1-6(2)8(9)7-4-3-5-7;1-3-4(2)5;/h9H,1-8H2,(H2,11,12);6-7H,3-5H2,1-2H3;4-5H,3H2,1-2H3;1H. The molecule has 2 aliphatic rings. The monoisotopic (exact) mass is 387 g/mol. The van der Waals surface area contributed by atoms with Gasteiger partial charge in [-0.3, -0.25) is 9.59 Å². The van der Waals surface area contributed by atoms with E-state index < -0.39 is 0 Å². The molecule has 3 N–H and O–H groups in total. The summed E-state index contributed by atoms with van der Waals surface area (Å²) in [5.74, 6) is 0.939. The SMILES string of the molecule is CC(C)C(=O)C1CCC1.CCC(C)O.NC(=O)CCCOC1CCCCC1.[HH]. The summed E-state index contributed by atoms with van der Waals surface area (Å²) < 4.78 is 5.63. The molecule has 5 heteroatoms. The van der Waals surface area contributed by atoms with E-state index in [0.29, 0.717) is 30.8 Å². The maximum Gasteiger partial charge on any atom is 0.217 e. The summed E-state index contributed by atoms with van der Waals surface area (Å²) in [5.41, 5.74) is 5.02. The van der Waals surface area contributed by atoms with Crippen molar-refractivity contribution >= 4 is 11.7 Å². The van der Waals surface area contributed by atoms with E-state index in [0.717, 1.165) is 25.7 Å². The van der Waals surface area contributed by atoms with Gasteiger partial charge < -0.3 is 15.6 Å². The molecule has 162 valence electrons. The molecule has 0 radical (unpaired) electrons. The first kappa shape index (κ1) is 26.1. The Morgan fingerprint density at radius 1 is 1.07 bits per heavy atom. The second-order valence-electron chi connectivity index (χ2n) is 8.14. The molecule has 0 aromatic heterocycles. The molecule has 27 heavy (non-hydrogen) atoms. The van der Waals surface area contributed by atoms with Gasteiger partial charge in [0.25, 0.3) is 0 Å². The lowest BCUT2D eigenvalue weighted by Crippen LogP contribution is -2.25. The Morgan fingerprint density at radius 2 is 1.63 bits per heavy atom. The van der Waals surface area contributed by atoms with Crippen molar-refractivity contribution in [3.05, 3.63) is 0 Å². The van der Waals surface area contributed by atoms with Crippen molar-refractivity contribution in [1.29, 1.82) is 0 Å². The largest absolute Gasteiger partial charge is 0.393 e. The summed E-state index contributed by atoms with van der Waals surface area (Å²) >= 11 is 0.